The number of nitrogens with zero attached hydrogens (tertiary/aromatic N) is 1. The summed E-state index contributed by atoms with van der Waals surface area (Å²) < 4.78 is 45.0. The molecule has 2 N–H and O–H groups in total. The average molecular weight is 403 g/mol. The van der Waals surface area contributed by atoms with E-state index in [9.17, 15) is 12.8 Å². The van der Waals surface area contributed by atoms with Gasteiger partial charge in [-0.3, -0.25) is 0 Å². The molecule has 1 unspecified atom stereocenters. The van der Waals surface area contributed by atoms with Gasteiger partial charge in [-0.05, 0) is 49.8 Å². The lowest BCUT2D eigenvalue weighted by atomic mass is 10.2. The standard InChI is InChI=1S/C21H24FN2O3S/c1-3-28(25,26)24(11-5-6-17(14-23)15-24)19-7-4-8-20(13-19)27-21-10-9-18(22)12-16(21)2/h4-10,12-13,15H,3,11,14,23H2,1-2H3/q+1. The summed E-state index contributed by atoms with van der Waals surface area (Å²) in [5.41, 5.74) is 7.74. The molecule has 148 valence electrons. The van der Waals surface area contributed by atoms with Gasteiger partial charge in [0.25, 0.3) is 0 Å². The fraction of sp³-hybridized carbons (Fsp3) is 0.238. The van der Waals surface area contributed by atoms with Gasteiger partial charge < -0.3 is 10.5 Å². The minimum Gasteiger partial charge on any atom is -0.457 e. The van der Waals surface area contributed by atoms with Crippen LogP contribution in [-0.2, 0) is 10.0 Å². The van der Waals surface area contributed by atoms with Crippen LogP contribution in [0.5, 0.6) is 11.5 Å². The van der Waals surface area contributed by atoms with Gasteiger partial charge in [0.2, 0.25) is 0 Å². The van der Waals surface area contributed by atoms with Crippen molar-refractivity contribution in [2.75, 3.05) is 18.8 Å². The Morgan fingerprint density at radius 3 is 2.68 bits per heavy atom. The highest BCUT2D eigenvalue weighted by molar-refractivity contribution is 7.91. The van der Waals surface area contributed by atoms with Crippen molar-refractivity contribution in [2.24, 2.45) is 5.73 Å². The lowest BCUT2D eigenvalue weighted by Gasteiger charge is -2.34. The van der Waals surface area contributed by atoms with Crippen molar-refractivity contribution in [3.05, 3.63) is 77.8 Å². The number of halogens is 1. The van der Waals surface area contributed by atoms with Crippen molar-refractivity contribution < 1.29 is 17.5 Å². The fourth-order valence-electron chi connectivity index (χ4n) is 3.25. The molecule has 0 aromatic heterocycles. The first kappa shape index (κ1) is 20.3. The minimum atomic E-state index is -3.53. The quantitative estimate of drug-likeness (QED) is 0.741. The van der Waals surface area contributed by atoms with Crippen LogP contribution in [0.2, 0.25) is 0 Å². The summed E-state index contributed by atoms with van der Waals surface area (Å²) in [4.78, 5) is 0. The van der Waals surface area contributed by atoms with Crippen molar-refractivity contribution in [2.45, 2.75) is 13.8 Å². The smallest absolute Gasteiger partial charge is 0.306 e. The first-order chi connectivity index (χ1) is 13.3. The second-order valence-corrected chi connectivity index (χ2v) is 9.06. The van der Waals surface area contributed by atoms with Gasteiger partial charge in [0.15, 0.2) is 5.69 Å². The summed E-state index contributed by atoms with van der Waals surface area (Å²) in [6.45, 7) is 3.91. The molecule has 0 saturated carbocycles. The molecule has 0 radical (unpaired) electrons. The normalized spacial score (nSPS) is 19.4. The SMILES string of the molecule is CCS(=O)(=O)[N+]1(c2cccc(Oc3ccc(F)cc3C)c2)C=C(CN)C=CC1. The monoisotopic (exact) mass is 403 g/mol. The van der Waals surface area contributed by atoms with Crippen LogP contribution in [0.1, 0.15) is 12.5 Å². The molecule has 1 heterocycles. The van der Waals surface area contributed by atoms with E-state index >= 15 is 0 Å². The molecule has 5 nitrogen and oxygen atoms in total. The molecule has 2 aromatic rings. The first-order valence-corrected chi connectivity index (χ1v) is 10.7. The molecule has 28 heavy (non-hydrogen) atoms. The Hall–Kier alpha value is -2.48. The number of rotatable bonds is 6. The Kier molecular flexibility index (Phi) is 5.69. The van der Waals surface area contributed by atoms with Crippen molar-refractivity contribution >= 4 is 15.7 Å². The lowest BCUT2D eigenvalue weighted by molar-refractivity contribution is 0.472. The zero-order valence-corrected chi connectivity index (χ0v) is 16.7. The third-order valence-electron chi connectivity index (χ3n) is 4.80. The molecular formula is C21H24FN2O3S+. The number of ether oxygens (including phenoxy) is 1. The first-order valence-electron chi connectivity index (χ1n) is 9.05. The van der Waals surface area contributed by atoms with E-state index in [4.69, 9.17) is 10.5 Å². The number of nitrogens with two attached hydrogens (primary N) is 1. The molecule has 1 aliphatic rings. The Morgan fingerprint density at radius 2 is 2.00 bits per heavy atom. The van der Waals surface area contributed by atoms with E-state index in [2.05, 4.69) is 0 Å². The zero-order valence-electron chi connectivity index (χ0n) is 15.9. The van der Waals surface area contributed by atoms with E-state index in [1.54, 1.807) is 50.4 Å². The molecule has 7 heteroatoms. The molecule has 0 amide bonds. The molecule has 0 fully saturated rings. The number of aryl methyl sites for hydroxylation is 1. The highest BCUT2D eigenvalue weighted by Crippen LogP contribution is 2.36. The highest BCUT2D eigenvalue weighted by atomic mass is 32.2. The zero-order chi connectivity index (χ0) is 20.4. The van der Waals surface area contributed by atoms with Crippen molar-refractivity contribution in [1.29, 1.82) is 0 Å². The maximum Gasteiger partial charge on any atom is 0.306 e. The van der Waals surface area contributed by atoms with Crippen molar-refractivity contribution in [3.63, 3.8) is 0 Å². The van der Waals surface area contributed by atoms with E-state index in [1.807, 2.05) is 12.2 Å². The van der Waals surface area contributed by atoms with E-state index in [1.165, 1.54) is 12.1 Å². The second kappa shape index (κ2) is 7.87. The number of sulfonamides is 1. The number of hydrogen-bond acceptors (Lipinski definition) is 4. The Labute approximate surface area is 165 Å². The molecular weight excluding hydrogens is 379 g/mol. The fourth-order valence-corrected chi connectivity index (χ4v) is 4.75. The van der Waals surface area contributed by atoms with Crippen LogP contribution < -0.4 is 14.4 Å². The third-order valence-corrected chi connectivity index (χ3v) is 6.99. The highest BCUT2D eigenvalue weighted by Gasteiger charge is 2.42. The van der Waals surface area contributed by atoms with Crippen molar-refractivity contribution in [3.8, 4) is 11.5 Å². The van der Waals surface area contributed by atoms with E-state index < -0.39 is 10.0 Å². The Bertz CT molecular complexity index is 1050. The Balaban J connectivity index is 2.07. The number of benzene rings is 2. The predicted molar refractivity (Wildman–Crippen MR) is 110 cm³/mol. The topological polar surface area (TPSA) is 69.4 Å². The van der Waals surface area contributed by atoms with E-state index in [-0.39, 0.29) is 28.5 Å². The van der Waals surface area contributed by atoms with E-state index in [0.29, 0.717) is 22.7 Å². The summed E-state index contributed by atoms with van der Waals surface area (Å²) in [6, 6.07) is 11.2. The second-order valence-electron chi connectivity index (χ2n) is 6.67. The van der Waals surface area contributed by atoms with Crippen LogP contribution in [0.15, 0.2) is 66.4 Å². The summed E-state index contributed by atoms with van der Waals surface area (Å²) >= 11 is 0. The Morgan fingerprint density at radius 1 is 1.21 bits per heavy atom. The van der Waals surface area contributed by atoms with Crippen LogP contribution in [0, 0.1) is 12.7 Å². The molecule has 0 bridgehead atoms. The van der Waals surface area contributed by atoms with Gasteiger partial charge in [-0.2, -0.15) is 12.3 Å². The van der Waals surface area contributed by atoms with Crippen molar-refractivity contribution in [1.82, 2.24) is 3.89 Å². The van der Waals surface area contributed by atoms with Gasteiger partial charge in [0.05, 0.1) is 5.75 Å². The van der Waals surface area contributed by atoms with Crippen LogP contribution in [-0.4, -0.2) is 27.3 Å². The van der Waals surface area contributed by atoms with Gasteiger partial charge in [-0.15, -0.1) is 0 Å². The molecule has 1 aliphatic heterocycles. The van der Waals surface area contributed by atoms with Gasteiger partial charge >= 0.3 is 10.0 Å². The summed E-state index contributed by atoms with van der Waals surface area (Å²) in [6.07, 6.45) is 5.37. The van der Waals surface area contributed by atoms with Crippen LogP contribution >= 0.6 is 0 Å². The molecule has 0 saturated heterocycles. The van der Waals surface area contributed by atoms with Gasteiger partial charge in [0.1, 0.15) is 30.1 Å². The molecule has 0 spiro atoms. The van der Waals surface area contributed by atoms with E-state index in [0.717, 1.165) is 5.57 Å². The van der Waals surface area contributed by atoms with Gasteiger partial charge in [-0.1, -0.05) is 12.1 Å². The maximum absolute atomic E-state index is 13.3. The van der Waals surface area contributed by atoms with Crippen LogP contribution in [0.25, 0.3) is 0 Å². The van der Waals surface area contributed by atoms with Crippen LogP contribution in [0.3, 0.4) is 0 Å². The van der Waals surface area contributed by atoms with Crippen LogP contribution in [0.4, 0.5) is 10.1 Å². The summed E-state index contributed by atoms with van der Waals surface area (Å²) in [5.74, 6) is 0.641. The predicted octanol–water partition coefficient (Wildman–Crippen LogP) is 4.00. The number of hydrogen-bond donors (Lipinski definition) is 1. The summed E-state index contributed by atoms with van der Waals surface area (Å²) in [5, 5.41) is 0. The van der Waals surface area contributed by atoms with Gasteiger partial charge in [-0.25, -0.2) is 4.39 Å². The summed E-state index contributed by atoms with van der Waals surface area (Å²) in [7, 11) is -3.53. The average Bonchev–Trinajstić information content (AvgIpc) is 2.70. The molecule has 2 aromatic carbocycles. The molecule has 3 rings (SSSR count). The maximum atomic E-state index is 13.3. The molecule has 1 atom stereocenters. The number of quaternary nitrogens is 1. The largest absolute Gasteiger partial charge is 0.457 e. The minimum absolute atomic E-state index is 0.0165. The van der Waals surface area contributed by atoms with Gasteiger partial charge in [0, 0.05) is 24.3 Å². The third kappa shape index (κ3) is 3.73. The molecule has 0 aliphatic carbocycles. The lowest BCUT2D eigenvalue weighted by Crippen LogP contribution is -2.51.